The molecular formula is C11H11BrOS. The van der Waals surface area contributed by atoms with Crippen LogP contribution in [0.3, 0.4) is 0 Å². The third kappa shape index (κ3) is 2.04. The largest absolute Gasteiger partial charge is 0.294 e. The quantitative estimate of drug-likeness (QED) is 0.716. The number of ketones is 1. The Bertz CT molecular complexity index is 376. The number of carbonyl (C=O) groups is 1. The van der Waals surface area contributed by atoms with Gasteiger partial charge in [0.25, 0.3) is 0 Å². The third-order valence-corrected chi connectivity index (χ3v) is 4.08. The van der Waals surface area contributed by atoms with E-state index in [4.69, 9.17) is 0 Å². The first kappa shape index (κ1) is 10.2. The summed E-state index contributed by atoms with van der Waals surface area (Å²) in [5.74, 6) is 1.23. The predicted octanol–water partition coefficient (Wildman–Crippen LogP) is 3.66. The number of Topliss-reactive ketones (excluding diaryl/α,β-unsaturated/α-hetero) is 1. The third-order valence-electron chi connectivity index (χ3n) is 2.37. The first-order chi connectivity index (χ1) is 6.66. The molecule has 1 unspecified atom stereocenters. The number of halogens is 1. The van der Waals surface area contributed by atoms with Crippen molar-refractivity contribution in [3.63, 3.8) is 0 Å². The lowest BCUT2D eigenvalue weighted by atomic mass is 10.0. The molecule has 1 nitrogen and oxygen atoms in total. The lowest BCUT2D eigenvalue weighted by Crippen LogP contribution is -2.05. The summed E-state index contributed by atoms with van der Waals surface area (Å²) in [7, 11) is 0. The minimum Gasteiger partial charge on any atom is -0.294 e. The standard InChI is InChI=1S/C11H11BrOS/c1-7-4-11(13)10-5-9(12)3-2-8(10)6-14-7/h2-3,5,7H,4,6H2,1H3. The van der Waals surface area contributed by atoms with Crippen molar-refractivity contribution in [1.29, 1.82) is 0 Å². The van der Waals surface area contributed by atoms with Gasteiger partial charge in [-0.25, -0.2) is 0 Å². The molecule has 1 atom stereocenters. The van der Waals surface area contributed by atoms with E-state index in [1.807, 2.05) is 30.0 Å². The van der Waals surface area contributed by atoms with Gasteiger partial charge in [0.05, 0.1) is 0 Å². The highest BCUT2D eigenvalue weighted by Gasteiger charge is 2.19. The Morgan fingerprint density at radius 1 is 1.50 bits per heavy atom. The van der Waals surface area contributed by atoms with E-state index >= 15 is 0 Å². The van der Waals surface area contributed by atoms with Crippen LogP contribution in [0, 0.1) is 0 Å². The summed E-state index contributed by atoms with van der Waals surface area (Å²) < 4.78 is 0.990. The fourth-order valence-corrected chi connectivity index (χ4v) is 2.94. The second kappa shape index (κ2) is 4.07. The van der Waals surface area contributed by atoms with Crippen molar-refractivity contribution in [3.05, 3.63) is 33.8 Å². The first-order valence-electron chi connectivity index (χ1n) is 4.60. The van der Waals surface area contributed by atoms with Gasteiger partial charge in [0.2, 0.25) is 0 Å². The summed E-state index contributed by atoms with van der Waals surface area (Å²) in [6, 6.07) is 5.99. The lowest BCUT2D eigenvalue weighted by Gasteiger charge is -2.03. The Morgan fingerprint density at radius 3 is 3.07 bits per heavy atom. The van der Waals surface area contributed by atoms with Gasteiger partial charge >= 0.3 is 0 Å². The average Bonchev–Trinajstić information content (AvgIpc) is 2.27. The van der Waals surface area contributed by atoms with Gasteiger partial charge in [-0.3, -0.25) is 4.79 Å². The van der Waals surface area contributed by atoms with Crippen LogP contribution in [0.5, 0.6) is 0 Å². The predicted molar refractivity (Wildman–Crippen MR) is 63.8 cm³/mol. The van der Waals surface area contributed by atoms with E-state index < -0.39 is 0 Å². The van der Waals surface area contributed by atoms with Crippen LogP contribution in [0.1, 0.15) is 29.3 Å². The van der Waals surface area contributed by atoms with Gasteiger partial charge in [-0.15, -0.1) is 0 Å². The van der Waals surface area contributed by atoms with E-state index in [9.17, 15) is 4.79 Å². The Hall–Kier alpha value is -0.280. The second-order valence-electron chi connectivity index (χ2n) is 3.55. The maximum atomic E-state index is 11.8. The molecule has 1 aromatic carbocycles. The first-order valence-corrected chi connectivity index (χ1v) is 6.44. The molecule has 0 bridgehead atoms. The van der Waals surface area contributed by atoms with Crippen LogP contribution in [-0.4, -0.2) is 11.0 Å². The number of benzene rings is 1. The molecule has 0 fully saturated rings. The fraction of sp³-hybridized carbons (Fsp3) is 0.364. The van der Waals surface area contributed by atoms with E-state index in [0.717, 1.165) is 15.8 Å². The highest BCUT2D eigenvalue weighted by atomic mass is 79.9. The molecule has 1 aliphatic heterocycles. The highest BCUT2D eigenvalue weighted by Crippen LogP contribution is 2.30. The molecule has 0 saturated heterocycles. The summed E-state index contributed by atoms with van der Waals surface area (Å²) in [5, 5.41) is 0.439. The Labute approximate surface area is 96.4 Å². The van der Waals surface area contributed by atoms with Crippen molar-refractivity contribution >= 4 is 33.5 Å². The molecule has 0 aliphatic carbocycles. The molecule has 2 rings (SSSR count). The molecule has 1 aromatic rings. The van der Waals surface area contributed by atoms with Crippen molar-refractivity contribution in [3.8, 4) is 0 Å². The average molecular weight is 271 g/mol. The number of fused-ring (bicyclic) bond motifs is 1. The number of rotatable bonds is 0. The summed E-state index contributed by atoms with van der Waals surface area (Å²) in [6.45, 7) is 2.11. The Kier molecular flexibility index (Phi) is 2.98. The second-order valence-corrected chi connectivity index (χ2v) is 5.89. The Morgan fingerprint density at radius 2 is 2.29 bits per heavy atom. The summed E-state index contributed by atoms with van der Waals surface area (Å²) in [6.07, 6.45) is 0.661. The van der Waals surface area contributed by atoms with Crippen molar-refractivity contribution in [2.45, 2.75) is 24.3 Å². The normalized spacial score (nSPS) is 21.6. The van der Waals surface area contributed by atoms with E-state index in [1.54, 1.807) is 0 Å². The lowest BCUT2D eigenvalue weighted by molar-refractivity contribution is 0.0983. The summed E-state index contributed by atoms with van der Waals surface area (Å²) in [4.78, 5) is 11.8. The number of hydrogen-bond acceptors (Lipinski definition) is 2. The molecule has 0 spiro atoms. The SMILES string of the molecule is CC1CC(=O)c2cc(Br)ccc2CS1. The van der Waals surface area contributed by atoms with Crippen LogP contribution in [-0.2, 0) is 5.75 Å². The highest BCUT2D eigenvalue weighted by molar-refractivity contribution is 9.10. The van der Waals surface area contributed by atoms with E-state index in [2.05, 4.69) is 22.9 Å². The molecule has 1 aliphatic rings. The van der Waals surface area contributed by atoms with Crippen LogP contribution >= 0.6 is 27.7 Å². The molecule has 14 heavy (non-hydrogen) atoms. The number of carbonyl (C=O) groups excluding carboxylic acids is 1. The van der Waals surface area contributed by atoms with Gasteiger partial charge in [-0.2, -0.15) is 11.8 Å². The fourth-order valence-electron chi connectivity index (χ4n) is 1.60. The van der Waals surface area contributed by atoms with Gasteiger partial charge in [0.1, 0.15) is 0 Å². The van der Waals surface area contributed by atoms with Crippen LogP contribution in [0.4, 0.5) is 0 Å². The molecule has 1 heterocycles. The van der Waals surface area contributed by atoms with Crippen LogP contribution in [0.2, 0.25) is 0 Å². The maximum absolute atomic E-state index is 11.8. The van der Waals surface area contributed by atoms with Crippen molar-refractivity contribution in [2.75, 3.05) is 0 Å². The van der Waals surface area contributed by atoms with Gasteiger partial charge in [-0.05, 0) is 17.7 Å². The smallest absolute Gasteiger partial charge is 0.164 e. The van der Waals surface area contributed by atoms with E-state index in [1.165, 1.54) is 5.56 Å². The van der Waals surface area contributed by atoms with Gasteiger partial charge in [0.15, 0.2) is 5.78 Å². The van der Waals surface area contributed by atoms with Gasteiger partial charge in [0, 0.05) is 27.5 Å². The molecule has 0 radical (unpaired) electrons. The molecule has 0 aromatic heterocycles. The molecular weight excluding hydrogens is 260 g/mol. The van der Waals surface area contributed by atoms with Crippen molar-refractivity contribution in [2.24, 2.45) is 0 Å². The summed E-state index contributed by atoms with van der Waals surface area (Å²) in [5.41, 5.74) is 2.07. The van der Waals surface area contributed by atoms with Gasteiger partial charge < -0.3 is 0 Å². The van der Waals surface area contributed by atoms with Crippen molar-refractivity contribution < 1.29 is 4.79 Å². The molecule has 0 saturated carbocycles. The molecule has 0 amide bonds. The molecule has 74 valence electrons. The van der Waals surface area contributed by atoms with Gasteiger partial charge in [-0.1, -0.05) is 28.9 Å². The monoisotopic (exact) mass is 270 g/mol. The van der Waals surface area contributed by atoms with Crippen molar-refractivity contribution in [1.82, 2.24) is 0 Å². The number of thioether (sulfide) groups is 1. The van der Waals surface area contributed by atoms with E-state index in [0.29, 0.717) is 11.7 Å². The Balaban J connectivity index is 2.44. The zero-order valence-electron chi connectivity index (χ0n) is 7.92. The number of hydrogen-bond donors (Lipinski definition) is 0. The minimum absolute atomic E-state index is 0.277. The maximum Gasteiger partial charge on any atom is 0.164 e. The minimum atomic E-state index is 0.277. The summed E-state index contributed by atoms with van der Waals surface area (Å²) >= 11 is 5.25. The zero-order chi connectivity index (χ0) is 10.1. The van der Waals surface area contributed by atoms with Crippen LogP contribution in [0.15, 0.2) is 22.7 Å². The molecule has 3 heteroatoms. The zero-order valence-corrected chi connectivity index (χ0v) is 10.3. The van der Waals surface area contributed by atoms with Crippen LogP contribution in [0.25, 0.3) is 0 Å². The topological polar surface area (TPSA) is 17.1 Å². The van der Waals surface area contributed by atoms with Crippen LogP contribution < -0.4 is 0 Å². The van der Waals surface area contributed by atoms with E-state index in [-0.39, 0.29) is 5.78 Å². The molecule has 0 N–H and O–H groups in total.